The van der Waals surface area contributed by atoms with Crippen LogP contribution in [-0.4, -0.2) is 22.2 Å². The fraction of sp³-hybridized carbons (Fsp3) is 0.706. The molecule has 0 heterocycles. The third kappa shape index (κ3) is 3.15. The molecule has 8 atom stereocenters. The van der Waals surface area contributed by atoms with Crippen molar-refractivity contribution in [2.75, 3.05) is 0 Å². The van der Waals surface area contributed by atoms with Gasteiger partial charge in [0, 0.05) is 0 Å². The summed E-state index contributed by atoms with van der Waals surface area (Å²) in [5, 5.41) is 19.7. The van der Waals surface area contributed by atoms with Gasteiger partial charge in [-0.2, -0.15) is 0 Å². The van der Waals surface area contributed by atoms with Gasteiger partial charge in [0.15, 0.2) is 0 Å². The molecule has 4 saturated carbocycles. The second-order valence-electron chi connectivity index (χ2n) is 15.1. The van der Waals surface area contributed by atoms with E-state index in [2.05, 4.69) is 40.7 Å². The molecule has 0 spiro atoms. The SMILES string of the molecule is CC1(C)C(c2ccc(C(=O)O)cc2)=CCC2(C)C1CCC1(C)C2CCC2[C@H]3CCCC3(C(=O)O)CC[C@]21C. The maximum absolute atomic E-state index is 12.6. The standard InChI is InChI=1S/C34H46O4/c1-30(2)23(21-8-10-22(11-9-21)28(35)36)14-17-31(3)26(30)15-18-33(5)27(31)13-12-24-25-7-6-16-34(25,29(37)38)20-19-32(24,33)4/h8-11,14,24-27H,6-7,12-13,15-20H2,1-5H3,(H,35,36)(H,37,38)/t24?,25-,26?,27?,31?,32-,33?,34?/m1/s1. The molecule has 206 valence electrons. The van der Waals surface area contributed by atoms with E-state index in [1.54, 1.807) is 12.1 Å². The van der Waals surface area contributed by atoms with Crippen LogP contribution in [0.25, 0.3) is 5.57 Å². The quantitative estimate of drug-likeness (QED) is 0.422. The molecule has 0 radical (unpaired) electrons. The molecule has 4 nitrogen and oxygen atoms in total. The lowest BCUT2D eigenvalue weighted by Gasteiger charge is -2.72. The lowest BCUT2D eigenvalue weighted by atomic mass is 9.32. The Labute approximate surface area is 228 Å². The molecule has 5 aliphatic carbocycles. The third-order valence-electron chi connectivity index (χ3n) is 13.8. The van der Waals surface area contributed by atoms with Gasteiger partial charge in [-0.3, -0.25) is 4.79 Å². The van der Waals surface area contributed by atoms with Gasteiger partial charge < -0.3 is 10.2 Å². The minimum Gasteiger partial charge on any atom is -0.481 e. The fourth-order valence-electron chi connectivity index (χ4n) is 11.8. The maximum Gasteiger partial charge on any atom is 0.335 e. The second kappa shape index (κ2) is 8.21. The monoisotopic (exact) mass is 518 g/mol. The highest BCUT2D eigenvalue weighted by Gasteiger charge is 2.70. The minimum atomic E-state index is -0.877. The predicted molar refractivity (Wildman–Crippen MR) is 150 cm³/mol. The van der Waals surface area contributed by atoms with Crippen molar-refractivity contribution < 1.29 is 19.8 Å². The molecular weight excluding hydrogens is 472 g/mol. The van der Waals surface area contributed by atoms with Crippen LogP contribution in [0.1, 0.15) is 115 Å². The van der Waals surface area contributed by atoms with Gasteiger partial charge in [0.05, 0.1) is 11.0 Å². The van der Waals surface area contributed by atoms with Gasteiger partial charge in [-0.05, 0) is 126 Å². The molecule has 4 fully saturated rings. The summed E-state index contributed by atoms with van der Waals surface area (Å²) in [6.45, 7) is 12.6. The first kappa shape index (κ1) is 26.1. The van der Waals surface area contributed by atoms with Gasteiger partial charge in [0.1, 0.15) is 0 Å². The van der Waals surface area contributed by atoms with Gasteiger partial charge in [-0.25, -0.2) is 4.79 Å². The fourth-order valence-corrected chi connectivity index (χ4v) is 11.8. The smallest absolute Gasteiger partial charge is 0.335 e. The molecule has 0 aromatic heterocycles. The largest absolute Gasteiger partial charge is 0.481 e. The van der Waals surface area contributed by atoms with E-state index >= 15 is 0 Å². The lowest BCUT2D eigenvalue weighted by Crippen LogP contribution is -2.65. The number of carbonyl (C=O) groups is 2. The second-order valence-corrected chi connectivity index (χ2v) is 15.1. The number of hydrogen-bond donors (Lipinski definition) is 2. The maximum atomic E-state index is 12.6. The highest BCUT2D eigenvalue weighted by Crippen LogP contribution is 2.77. The van der Waals surface area contributed by atoms with E-state index in [1.807, 2.05) is 12.1 Å². The zero-order valence-corrected chi connectivity index (χ0v) is 24.0. The summed E-state index contributed by atoms with van der Waals surface area (Å²) >= 11 is 0. The Bertz CT molecular complexity index is 1200. The van der Waals surface area contributed by atoms with Gasteiger partial charge in [-0.1, -0.05) is 59.2 Å². The van der Waals surface area contributed by atoms with E-state index in [0.29, 0.717) is 29.2 Å². The highest BCUT2D eigenvalue weighted by atomic mass is 16.4. The lowest BCUT2D eigenvalue weighted by molar-refractivity contribution is -0.225. The Morgan fingerprint density at radius 2 is 1.47 bits per heavy atom. The van der Waals surface area contributed by atoms with Crippen LogP contribution >= 0.6 is 0 Å². The zero-order chi connectivity index (χ0) is 27.3. The molecule has 6 unspecified atom stereocenters. The summed E-state index contributed by atoms with van der Waals surface area (Å²) in [7, 11) is 0. The van der Waals surface area contributed by atoms with Crippen molar-refractivity contribution in [1.82, 2.24) is 0 Å². The Morgan fingerprint density at radius 3 is 2.13 bits per heavy atom. The first-order valence-corrected chi connectivity index (χ1v) is 15.1. The number of allylic oxidation sites excluding steroid dienone is 2. The van der Waals surface area contributed by atoms with Crippen molar-refractivity contribution in [3.63, 3.8) is 0 Å². The van der Waals surface area contributed by atoms with Gasteiger partial charge >= 0.3 is 11.9 Å². The number of hydrogen-bond acceptors (Lipinski definition) is 2. The van der Waals surface area contributed by atoms with Crippen molar-refractivity contribution in [2.45, 2.75) is 98.8 Å². The van der Waals surface area contributed by atoms with Crippen molar-refractivity contribution in [3.05, 3.63) is 41.5 Å². The molecule has 6 rings (SSSR count). The summed E-state index contributed by atoms with van der Waals surface area (Å²) in [6, 6.07) is 7.48. The van der Waals surface area contributed by atoms with Crippen LogP contribution in [-0.2, 0) is 4.79 Å². The van der Waals surface area contributed by atoms with Crippen LogP contribution in [0.4, 0.5) is 0 Å². The minimum absolute atomic E-state index is 0.00724. The number of fused-ring (bicyclic) bond motifs is 7. The van der Waals surface area contributed by atoms with Crippen molar-refractivity contribution >= 4 is 17.5 Å². The Hall–Kier alpha value is -2.10. The van der Waals surface area contributed by atoms with Crippen LogP contribution in [0.2, 0.25) is 0 Å². The molecule has 5 aliphatic rings. The molecule has 1 aromatic rings. The van der Waals surface area contributed by atoms with Crippen LogP contribution < -0.4 is 0 Å². The molecule has 0 amide bonds. The molecule has 4 heteroatoms. The highest BCUT2D eigenvalue weighted by molar-refractivity contribution is 5.88. The molecule has 2 N–H and O–H groups in total. The number of aromatic carboxylic acids is 1. The van der Waals surface area contributed by atoms with E-state index in [1.165, 1.54) is 31.3 Å². The molecule has 0 aliphatic heterocycles. The van der Waals surface area contributed by atoms with Crippen molar-refractivity contribution in [2.24, 2.45) is 50.7 Å². The van der Waals surface area contributed by atoms with E-state index < -0.39 is 17.4 Å². The summed E-state index contributed by atoms with van der Waals surface area (Å²) in [5.41, 5.74) is 3.07. The molecule has 0 saturated heterocycles. The number of carboxylic acids is 2. The summed E-state index contributed by atoms with van der Waals surface area (Å²) < 4.78 is 0. The van der Waals surface area contributed by atoms with Gasteiger partial charge in [0.2, 0.25) is 0 Å². The van der Waals surface area contributed by atoms with Crippen molar-refractivity contribution in [1.29, 1.82) is 0 Å². The van der Waals surface area contributed by atoms with Crippen LogP contribution in [0.15, 0.2) is 30.3 Å². The average molecular weight is 519 g/mol. The van der Waals surface area contributed by atoms with Crippen molar-refractivity contribution in [3.8, 4) is 0 Å². The predicted octanol–water partition coefficient (Wildman–Crippen LogP) is 8.32. The van der Waals surface area contributed by atoms with Crippen LogP contribution in [0.3, 0.4) is 0 Å². The molecule has 1 aromatic carbocycles. The first-order valence-electron chi connectivity index (χ1n) is 15.1. The van der Waals surface area contributed by atoms with E-state index in [4.69, 9.17) is 0 Å². The molecular formula is C34H46O4. The van der Waals surface area contributed by atoms with Crippen LogP contribution in [0, 0.1) is 50.7 Å². The first-order chi connectivity index (χ1) is 17.8. The summed E-state index contributed by atoms with van der Waals surface area (Å²) in [4.78, 5) is 24.0. The van der Waals surface area contributed by atoms with E-state index in [-0.39, 0.29) is 21.7 Å². The third-order valence-corrected chi connectivity index (χ3v) is 13.8. The van der Waals surface area contributed by atoms with Gasteiger partial charge in [0.25, 0.3) is 0 Å². The number of benzene rings is 1. The van der Waals surface area contributed by atoms with E-state index in [9.17, 15) is 19.8 Å². The molecule has 0 bridgehead atoms. The van der Waals surface area contributed by atoms with E-state index in [0.717, 1.165) is 44.1 Å². The number of aliphatic carboxylic acids is 1. The Balaban J connectivity index is 1.35. The van der Waals surface area contributed by atoms with Gasteiger partial charge in [-0.15, -0.1) is 0 Å². The summed E-state index contributed by atoms with van der Waals surface area (Å²) in [5.74, 6) is 0.697. The average Bonchev–Trinajstić information content (AvgIpc) is 3.30. The Kier molecular flexibility index (Phi) is 5.65. The molecule has 38 heavy (non-hydrogen) atoms. The number of rotatable bonds is 3. The zero-order valence-electron chi connectivity index (χ0n) is 24.0. The Morgan fingerprint density at radius 1 is 0.763 bits per heavy atom. The normalized spacial score (nSPS) is 45.1. The van der Waals surface area contributed by atoms with Crippen LogP contribution in [0.5, 0.6) is 0 Å². The topological polar surface area (TPSA) is 74.6 Å². The number of carboxylic acid groups (broad SMARTS) is 2. The summed E-state index contributed by atoms with van der Waals surface area (Å²) in [6.07, 6.45) is 13.4.